The van der Waals surface area contributed by atoms with Crippen LogP contribution in [0.2, 0.25) is 0 Å². The van der Waals surface area contributed by atoms with Gasteiger partial charge in [-0.05, 0) is 18.6 Å². The zero-order chi connectivity index (χ0) is 24.0. The fourth-order valence-electron chi connectivity index (χ4n) is 3.33. The molecule has 0 amide bonds. The van der Waals surface area contributed by atoms with Crippen molar-refractivity contribution < 1.29 is 19.0 Å². The van der Waals surface area contributed by atoms with Gasteiger partial charge in [0.15, 0.2) is 22.9 Å². The zero-order valence-electron chi connectivity index (χ0n) is 19.7. The minimum Gasteiger partial charge on any atom is -0.493 e. The average molecular weight is 449 g/mol. The van der Waals surface area contributed by atoms with Crippen molar-refractivity contribution >= 4 is 22.9 Å². The highest BCUT2D eigenvalue weighted by Crippen LogP contribution is 2.40. The molecule has 0 bridgehead atoms. The van der Waals surface area contributed by atoms with Crippen molar-refractivity contribution in [3.8, 4) is 28.4 Å². The molecule has 1 N–H and O–H groups in total. The number of carbonyl (C=O) groups is 1. The predicted octanol–water partition coefficient (Wildman–Crippen LogP) is 5.39. The summed E-state index contributed by atoms with van der Waals surface area (Å²) >= 11 is 0. The first kappa shape index (κ1) is 23.6. The standard InChI is InChI=1S/C23H22N4O4.C2H6/c1-14(28)15-5-7-16(8-6-15)18-13-24-27-10-9-21(26-23(18)27)25-17-11-19(29-2)22(31-4)20(12-17)30-3;1-2/h5-13H,1-4H3,(H,25,26);1-2H3. The maximum atomic E-state index is 11.5. The number of hydrogen-bond acceptors (Lipinski definition) is 7. The van der Waals surface area contributed by atoms with Crippen molar-refractivity contribution in [2.24, 2.45) is 0 Å². The molecule has 33 heavy (non-hydrogen) atoms. The van der Waals surface area contributed by atoms with Crippen LogP contribution in [0.1, 0.15) is 31.1 Å². The molecule has 172 valence electrons. The summed E-state index contributed by atoms with van der Waals surface area (Å²) in [6, 6.07) is 12.9. The predicted molar refractivity (Wildman–Crippen MR) is 129 cm³/mol. The van der Waals surface area contributed by atoms with E-state index in [0.717, 1.165) is 16.8 Å². The number of Topliss-reactive ketones (excluding diaryl/α,β-unsaturated/α-hetero) is 1. The molecule has 2 aromatic carbocycles. The molecule has 0 atom stereocenters. The molecule has 4 rings (SSSR count). The van der Waals surface area contributed by atoms with E-state index in [9.17, 15) is 4.79 Å². The Labute approximate surface area is 193 Å². The Kier molecular flexibility index (Phi) is 7.50. The van der Waals surface area contributed by atoms with E-state index >= 15 is 0 Å². The van der Waals surface area contributed by atoms with Crippen LogP contribution >= 0.6 is 0 Å². The number of nitrogens with zero attached hydrogens (tertiary/aromatic N) is 3. The summed E-state index contributed by atoms with van der Waals surface area (Å²) in [4.78, 5) is 16.3. The molecular formula is C25H28N4O4. The van der Waals surface area contributed by atoms with Gasteiger partial charge in [-0.3, -0.25) is 4.79 Å². The Hall–Kier alpha value is -4.07. The van der Waals surface area contributed by atoms with Crippen molar-refractivity contribution in [2.45, 2.75) is 20.8 Å². The van der Waals surface area contributed by atoms with Crippen LogP contribution in [-0.4, -0.2) is 41.7 Å². The lowest BCUT2D eigenvalue weighted by atomic mass is 10.1. The van der Waals surface area contributed by atoms with Crippen molar-refractivity contribution in [1.82, 2.24) is 14.6 Å². The van der Waals surface area contributed by atoms with Gasteiger partial charge in [-0.15, -0.1) is 0 Å². The minimum absolute atomic E-state index is 0.0290. The smallest absolute Gasteiger partial charge is 0.203 e. The maximum absolute atomic E-state index is 11.5. The largest absolute Gasteiger partial charge is 0.493 e. The van der Waals surface area contributed by atoms with Gasteiger partial charge in [-0.2, -0.15) is 5.10 Å². The number of nitrogens with one attached hydrogen (secondary N) is 1. The number of fused-ring (bicyclic) bond motifs is 1. The van der Waals surface area contributed by atoms with Gasteiger partial charge in [0.1, 0.15) is 5.82 Å². The number of aromatic nitrogens is 3. The van der Waals surface area contributed by atoms with Gasteiger partial charge in [-0.1, -0.05) is 38.1 Å². The lowest BCUT2D eigenvalue weighted by Crippen LogP contribution is -2.00. The highest BCUT2D eigenvalue weighted by Gasteiger charge is 2.14. The van der Waals surface area contributed by atoms with E-state index in [2.05, 4.69) is 10.4 Å². The lowest BCUT2D eigenvalue weighted by molar-refractivity contribution is 0.101. The van der Waals surface area contributed by atoms with Crippen LogP contribution in [0.4, 0.5) is 11.5 Å². The van der Waals surface area contributed by atoms with Crippen molar-refractivity contribution in [3.05, 3.63) is 60.4 Å². The molecule has 0 saturated heterocycles. The molecule has 0 aliphatic carbocycles. The van der Waals surface area contributed by atoms with Crippen molar-refractivity contribution in [1.29, 1.82) is 0 Å². The van der Waals surface area contributed by atoms with Crippen LogP contribution in [0.15, 0.2) is 54.9 Å². The SMILES string of the molecule is CC.COc1cc(Nc2ccn3ncc(-c4ccc(C(C)=O)cc4)c3n2)cc(OC)c1OC. The van der Waals surface area contributed by atoms with E-state index in [1.807, 2.05) is 50.4 Å². The molecule has 0 fully saturated rings. The quantitative estimate of drug-likeness (QED) is 0.379. The number of ketones is 1. The summed E-state index contributed by atoms with van der Waals surface area (Å²) in [7, 11) is 4.70. The number of rotatable bonds is 7. The third kappa shape index (κ3) is 4.90. The summed E-state index contributed by atoms with van der Waals surface area (Å²) in [6.07, 6.45) is 3.59. The molecule has 8 heteroatoms. The monoisotopic (exact) mass is 448 g/mol. The molecule has 0 aliphatic rings. The molecule has 0 unspecified atom stereocenters. The number of anilines is 2. The first-order chi connectivity index (χ1) is 16.0. The van der Waals surface area contributed by atoms with Crippen LogP contribution in [0.3, 0.4) is 0 Å². The van der Waals surface area contributed by atoms with Gasteiger partial charge < -0.3 is 19.5 Å². The number of carbonyl (C=O) groups excluding carboxylic acids is 1. The van der Waals surface area contributed by atoms with Gasteiger partial charge in [0.05, 0.1) is 27.5 Å². The van der Waals surface area contributed by atoms with Gasteiger partial charge in [-0.25, -0.2) is 9.50 Å². The number of ether oxygens (including phenoxy) is 3. The Morgan fingerprint density at radius 3 is 2.12 bits per heavy atom. The molecule has 0 aliphatic heterocycles. The molecule has 0 radical (unpaired) electrons. The average Bonchev–Trinajstić information content (AvgIpc) is 3.28. The van der Waals surface area contributed by atoms with Crippen LogP contribution in [-0.2, 0) is 0 Å². The minimum atomic E-state index is 0.0290. The van der Waals surface area contributed by atoms with Crippen LogP contribution in [0.25, 0.3) is 16.8 Å². The Balaban J connectivity index is 0.00000149. The maximum Gasteiger partial charge on any atom is 0.203 e. The number of hydrogen-bond donors (Lipinski definition) is 1. The summed E-state index contributed by atoms with van der Waals surface area (Å²) in [6.45, 7) is 5.55. The normalized spacial score (nSPS) is 10.2. The topological polar surface area (TPSA) is 87.0 Å². The van der Waals surface area contributed by atoms with E-state index in [0.29, 0.717) is 34.3 Å². The molecule has 0 spiro atoms. The summed E-state index contributed by atoms with van der Waals surface area (Å²) in [5.74, 6) is 2.26. The third-order valence-electron chi connectivity index (χ3n) is 4.91. The van der Waals surface area contributed by atoms with Crippen LogP contribution in [0, 0.1) is 0 Å². The van der Waals surface area contributed by atoms with Gasteiger partial charge in [0.25, 0.3) is 0 Å². The Bertz CT molecular complexity index is 1220. The zero-order valence-corrected chi connectivity index (χ0v) is 19.7. The van der Waals surface area contributed by atoms with Crippen molar-refractivity contribution in [2.75, 3.05) is 26.6 Å². The molecular weight excluding hydrogens is 420 g/mol. The van der Waals surface area contributed by atoms with E-state index in [1.165, 1.54) is 0 Å². The second-order valence-electron chi connectivity index (χ2n) is 6.81. The van der Waals surface area contributed by atoms with E-state index < -0.39 is 0 Å². The van der Waals surface area contributed by atoms with Gasteiger partial charge >= 0.3 is 0 Å². The molecule has 8 nitrogen and oxygen atoms in total. The second kappa shape index (κ2) is 10.5. The second-order valence-corrected chi connectivity index (χ2v) is 6.81. The van der Waals surface area contributed by atoms with Crippen LogP contribution in [0.5, 0.6) is 17.2 Å². The number of benzene rings is 2. The first-order valence-electron chi connectivity index (χ1n) is 10.6. The highest BCUT2D eigenvalue weighted by molar-refractivity contribution is 5.94. The molecule has 2 heterocycles. The van der Waals surface area contributed by atoms with E-state index in [-0.39, 0.29) is 5.78 Å². The summed E-state index contributed by atoms with van der Waals surface area (Å²) in [5.41, 5.74) is 3.88. The number of methoxy groups -OCH3 is 3. The van der Waals surface area contributed by atoms with E-state index in [4.69, 9.17) is 19.2 Å². The molecule has 2 aromatic heterocycles. The lowest BCUT2D eigenvalue weighted by Gasteiger charge is -2.15. The van der Waals surface area contributed by atoms with Crippen LogP contribution < -0.4 is 19.5 Å². The third-order valence-corrected chi connectivity index (χ3v) is 4.91. The van der Waals surface area contributed by atoms with Gasteiger partial charge in [0.2, 0.25) is 5.75 Å². The van der Waals surface area contributed by atoms with Crippen molar-refractivity contribution in [3.63, 3.8) is 0 Å². The molecule has 4 aromatic rings. The fraction of sp³-hybridized carbons (Fsp3) is 0.240. The highest BCUT2D eigenvalue weighted by atomic mass is 16.5. The van der Waals surface area contributed by atoms with Gasteiger partial charge in [0, 0.05) is 35.1 Å². The summed E-state index contributed by atoms with van der Waals surface area (Å²) < 4.78 is 17.9. The first-order valence-corrected chi connectivity index (χ1v) is 10.6. The van der Waals surface area contributed by atoms with E-state index in [1.54, 1.807) is 51.1 Å². The Morgan fingerprint density at radius 2 is 1.58 bits per heavy atom. The Morgan fingerprint density at radius 1 is 0.939 bits per heavy atom. The fourth-order valence-corrected chi connectivity index (χ4v) is 3.33. The molecule has 0 saturated carbocycles. The summed E-state index contributed by atoms with van der Waals surface area (Å²) in [5, 5.41) is 7.66.